The molecule has 1 unspecified atom stereocenters. The zero-order chi connectivity index (χ0) is 18.9. The van der Waals surface area contributed by atoms with E-state index < -0.39 is 17.5 Å². The molecule has 0 amide bonds. The van der Waals surface area contributed by atoms with Gasteiger partial charge in [-0.05, 0) is 31.9 Å². The van der Waals surface area contributed by atoms with Gasteiger partial charge in [0.05, 0.1) is 7.11 Å². The SMILES string of the molecule is COC(=O)C1(C)OC(=O)C(Cc2cc(C)cc(C)c2)=C1c1ccccc1. The van der Waals surface area contributed by atoms with E-state index in [1.807, 2.05) is 56.3 Å². The van der Waals surface area contributed by atoms with Crippen LogP contribution >= 0.6 is 0 Å². The van der Waals surface area contributed by atoms with Gasteiger partial charge in [-0.2, -0.15) is 0 Å². The van der Waals surface area contributed by atoms with Crippen molar-refractivity contribution >= 4 is 17.5 Å². The molecule has 134 valence electrons. The third kappa shape index (κ3) is 3.15. The predicted molar refractivity (Wildman–Crippen MR) is 99.5 cm³/mol. The van der Waals surface area contributed by atoms with E-state index in [1.54, 1.807) is 6.92 Å². The molecule has 1 aliphatic heterocycles. The van der Waals surface area contributed by atoms with Gasteiger partial charge >= 0.3 is 11.9 Å². The van der Waals surface area contributed by atoms with Gasteiger partial charge < -0.3 is 9.47 Å². The fourth-order valence-corrected chi connectivity index (χ4v) is 3.62. The molecule has 0 saturated carbocycles. The molecule has 1 heterocycles. The molecular formula is C22H22O4. The summed E-state index contributed by atoms with van der Waals surface area (Å²) in [6, 6.07) is 15.6. The van der Waals surface area contributed by atoms with E-state index in [2.05, 4.69) is 6.07 Å². The van der Waals surface area contributed by atoms with Crippen LogP contribution in [0.1, 0.15) is 29.2 Å². The van der Waals surface area contributed by atoms with Crippen molar-refractivity contribution in [2.24, 2.45) is 0 Å². The first-order valence-electron chi connectivity index (χ1n) is 8.53. The zero-order valence-corrected chi connectivity index (χ0v) is 15.5. The van der Waals surface area contributed by atoms with Crippen molar-refractivity contribution in [1.82, 2.24) is 0 Å². The fourth-order valence-electron chi connectivity index (χ4n) is 3.62. The highest BCUT2D eigenvalue weighted by Crippen LogP contribution is 2.41. The molecule has 0 radical (unpaired) electrons. The average Bonchev–Trinajstić information content (AvgIpc) is 2.85. The molecule has 26 heavy (non-hydrogen) atoms. The maximum atomic E-state index is 12.7. The summed E-state index contributed by atoms with van der Waals surface area (Å²) in [4.78, 5) is 25.1. The summed E-state index contributed by atoms with van der Waals surface area (Å²) in [5.74, 6) is -1.06. The molecule has 1 atom stereocenters. The van der Waals surface area contributed by atoms with Crippen molar-refractivity contribution < 1.29 is 19.1 Å². The number of hydrogen-bond donors (Lipinski definition) is 0. The lowest BCUT2D eigenvalue weighted by Gasteiger charge is -2.23. The van der Waals surface area contributed by atoms with Crippen molar-refractivity contribution in [1.29, 1.82) is 0 Å². The molecule has 0 spiro atoms. The third-order valence-corrected chi connectivity index (χ3v) is 4.62. The second-order valence-electron chi connectivity index (χ2n) is 6.81. The summed E-state index contributed by atoms with van der Waals surface area (Å²) in [5.41, 5.74) is 3.68. The minimum atomic E-state index is -1.44. The molecule has 2 aromatic rings. The van der Waals surface area contributed by atoms with Crippen LogP contribution in [0.3, 0.4) is 0 Å². The van der Waals surface area contributed by atoms with Gasteiger partial charge in [-0.15, -0.1) is 0 Å². The van der Waals surface area contributed by atoms with E-state index in [1.165, 1.54) is 7.11 Å². The molecule has 0 bridgehead atoms. The van der Waals surface area contributed by atoms with Gasteiger partial charge in [-0.3, -0.25) is 0 Å². The lowest BCUT2D eigenvalue weighted by atomic mass is 9.85. The predicted octanol–water partition coefficient (Wildman–Crippen LogP) is 3.79. The summed E-state index contributed by atoms with van der Waals surface area (Å²) in [7, 11) is 1.30. The van der Waals surface area contributed by atoms with Gasteiger partial charge in [-0.25, -0.2) is 9.59 Å². The molecule has 0 fully saturated rings. The van der Waals surface area contributed by atoms with Crippen LogP contribution in [0.4, 0.5) is 0 Å². The number of methoxy groups -OCH3 is 1. The first-order chi connectivity index (χ1) is 12.3. The summed E-state index contributed by atoms with van der Waals surface area (Å²) in [5, 5.41) is 0. The van der Waals surface area contributed by atoms with Gasteiger partial charge in [0.15, 0.2) is 0 Å². The highest BCUT2D eigenvalue weighted by molar-refractivity contribution is 6.12. The van der Waals surface area contributed by atoms with Gasteiger partial charge in [0.25, 0.3) is 0 Å². The van der Waals surface area contributed by atoms with Crippen LogP contribution in [0.15, 0.2) is 54.1 Å². The van der Waals surface area contributed by atoms with Crippen molar-refractivity contribution in [3.63, 3.8) is 0 Å². The Kier molecular flexibility index (Phi) is 4.68. The van der Waals surface area contributed by atoms with Crippen LogP contribution in [-0.2, 0) is 25.5 Å². The number of carbonyl (C=O) groups excluding carboxylic acids is 2. The fraction of sp³-hybridized carbons (Fsp3) is 0.273. The van der Waals surface area contributed by atoms with Crippen molar-refractivity contribution in [2.75, 3.05) is 7.11 Å². The van der Waals surface area contributed by atoms with E-state index in [9.17, 15) is 9.59 Å². The number of benzene rings is 2. The van der Waals surface area contributed by atoms with E-state index >= 15 is 0 Å². The number of rotatable bonds is 4. The molecule has 0 saturated heterocycles. The van der Waals surface area contributed by atoms with Crippen molar-refractivity contribution in [3.05, 3.63) is 76.4 Å². The second-order valence-corrected chi connectivity index (χ2v) is 6.81. The minimum Gasteiger partial charge on any atom is -0.466 e. The molecular weight excluding hydrogens is 328 g/mol. The van der Waals surface area contributed by atoms with E-state index in [0.29, 0.717) is 17.6 Å². The average molecular weight is 350 g/mol. The van der Waals surface area contributed by atoms with Crippen LogP contribution < -0.4 is 0 Å². The molecule has 4 nitrogen and oxygen atoms in total. The highest BCUT2D eigenvalue weighted by atomic mass is 16.6. The smallest absolute Gasteiger partial charge is 0.354 e. The number of carbonyl (C=O) groups is 2. The molecule has 0 N–H and O–H groups in total. The van der Waals surface area contributed by atoms with Gasteiger partial charge in [-0.1, -0.05) is 59.7 Å². The zero-order valence-electron chi connectivity index (χ0n) is 15.5. The molecule has 3 rings (SSSR count). The van der Waals surface area contributed by atoms with Crippen LogP contribution in [0.2, 0.25) is 0 Å². The Morgan fingerprint density at radius 1 is 1.08 bits per heavy atom. The van der Waals surface area contributed by atoms with Gasteiger partial charge in [0.2, 0.25) is 5.60 Å². The Balaban J connectivity index is 2.17. The Morgan fingerprint density at radius 2 is 1.69 bits per heavy atom. The summed E-state index contributed by atoms with van der Waals surface area (Å²) in [6.07, 6.45) is 0.401. The van der Waals surface area contributed by atoms with Crippen LogP contribution in [0.25, 0.3) is 5.57 Å². The molecule has 0 aromatic heterocycles. The first kappa shape index (κ1) is 17.9. The number of esters is 2. The Bertz CT molecular complexity index is 875. The largest absolute Gasteiger partial charge is 0.466 e. The lowest BCUT2D eigenvalue weighted by molar-refractivity contribution is -0.166. The Labute approximate surface area is 153 Å². The van der Waals surface area contributed by atoms with Gasteiger partial charge in [0.1, 0.15) is 0 Å². The summed E-state index contributed by atoms with van der Waals surface area (Å²) >= 11 is 0. The van der Waals surface area contributed by atoms with Crippen LogP contribution in [0.5, 0.6) is 0 Å². The molecule has 0 aliphatic carbocycles. The first-order valence-corrected chi connectivity index (χ1v) is 8.53. The number of cyclic esters (lactones) is 1. The maximum absolute atomic E-state index is 12.7. The maximum Gasteiger partial charge on any atom is 0.354 e. The molecule has 4 heteroatoms. The lowest BCUT2D eigenvalue weighted by Crippen LogP contribution is -2.38. The van der Waals surface area contributed by atoms with Crippen LogP contribution in [0, 0.1) is 13.8 Å². The summed E-state index contributed by atoms with van der Waals surface area (Å²) < 4.78 is 10.4. The topological polar surface area (TPSA) is 52.6 Å². The normalized spacial score (nSPS) is 19.5. The number of ether oxygens (including phenoxy) is 2. The van der Waals surface area contributed by atoms with Crippen LogP contribution in [-0.4, -0.2) is 24.6 Å². The van der Waals surface area contributed by atoms with E-state index in [-0.39, 0.29) is 0 Å². The number of aryl methyl sites for hydroxylation is 2. The Hall–Kier alpha value is -2.88. The second kappa shape index (κ2) is 6.79. The third-order valence-electron chi connectivity index (χ3n) is 4.62. The highest BCUT2D eigenvalue weighted by Gasteiger charge is 2.51. The standard InChI is InChI=1S/C22H22O4/c1-14-10-15(2)12-16(11-14)13-18-19(17-8-6-5-7-9-17)22(3,21(24)25-4)26-20(18)23/h5-12H,13H2,1-4H3. The van der Waals surface area contributed by atoms with Crippen molar-refractivity contribution in [2.45, 2.75) is 32.8 Å². The monoisotopic (exact) mass is 350 g/mol. The van der Waals surface area contributed by atoms with Crippen molar-refractivity contribution in [3.8, 4) is 0 Å². The quantitative estimate of drug-likeness (QED) is 0.787. The van der Waals surface area contributed by atoms with E-state index in [0.717, 1.165) is 22.3 Å². The minimum absolute atomic E-state index is 0.401. The molecule has 1 aliphatic rings. The summed E-state index contributed by atoms with van der Waals surface area (Å²) in [6.45, 7) is 5.64. The molecule has 2 aromatic carbocycles. The number of hydrogen-bond acceptors (Lipinski definition) is 4. The van der Waals surface area contributed by atoms with Gasteiger partial charge in [0, 0.05) is 17.6 Å². The Morgan fingerprint density at radius 3 is 2.27 bits per heavy atom. The van der Waals surface area contributed by atoms with E-state index in [4.69, 9.17) is 9.47 Å².